The van der Waals surface area contributed by atoms with Crippen LogP contribution < -0.4 is 11.1 Å². The molecule has 1 aromatic rings. The Kier molecular flexibility index (Phi) is 7.83. The molecule has 0 saturated heterocycles. The maximum absolute atomic E-state index is 12.3. The van der Waals surface area contributed by atoms with Crippen LogP contribution in [0.1, 0.15) is 6.42 Å². The number of nitrogen functional groups attached to an aromatic ring is 1. The summed E-state index contributed by atoms with van der Waals surface area (Å²) in [5.41, 5.74) is 5.88. The maximum Gasteiger partial charge on any atom is 0.265 e. The van der Waals surface area contributed by atoms with Gasteiger partial charge in [0.1, 0.15) is 0 Å². The van der Waals surface area contributed by atoms with Gasteiger partial charge in [-0.2, -0.15) is 8.42 Å². The third kappa shape index (κ3) is 7.86. The molecule has 0 aromatic heterocycles. The molecule has 0 bridgehead atoms. The molecule has 0 spiro atoms. The van der Waals surface area contributed by atoms with Gasteiger partial charge >= 0.3 is 0 Å². The zero-order valence-corrected chi connectivity index (χ0v) is 16.3. The van der Waals surface area contributed by atoms with Crippen LogP contribution in [0.5, 0.6) is 0 Å². The van der Waals surface area contributed by atoms with Crippen molar-refractivity contribution in [2.75, 3.05) is 47.2 Å². The van der Waals surface area contributed by atoms with Crippen molar-refractivity contribution in [3.8, 4) is 0 Å². The predicted molar refractivity (Wildman–Crippen MR) is 98.2 cm³/mol. The van der Waals surface area contributed by atoms with Crippen molar-refractivity contribution in [3.05, 3.63) is 18.2 Å². The normalized spacial score (nSPS) is 12.8. The largest absolute Gasteiger partial charge is 0.399 e. The fourth-order valence-corrected chi connectivity index (χ4v) is 5.82. The standard InChI is InChI=1S/C13H22N2O8S3/c14-11-2-3-12(15-4-1-6-24(17,18)7-5-16)13(10-11)25(19,20)8-9-26(21,22)23/h2-3,10,15-16H,1,4-9,14H2,(H,21,22,23). The summed E-state index contributed by atoms with van der Waals surface area (Å²) < 4.78 is 78.0. The fourth-order valence-electron chi connectivity index (χ4n) is 2.02. The lowest BCUT2D eigenvalue weighted by molar-refractivity contribution is 0.319. The summed E-state index contributed by atoms with van der Waals surface area (Å²) in [5.74, 6) is -2.30. The molecule has 0 unspecified atom stereocenters. The molecule has 0 fully saturated rings. The molecule has 0 aliphatic heterocycles. The SMILES string of the molecule is Nc1ccc(NCCCS(=O)(=O)CCO)c(S(=O)(=O)CCS(=O)(=O)O)c1. The van der Waals surface area contributed by atoms with E-state index in [0.29, 0.717) is 0 Å². The Labute approximate surface area is 153 Å². The Bertz CT molecular complexity index is 924. The number of nitrogens with two attached hydrogens (primary N) is 1. The van der Waals surface area contributed by atoms with E-state index in [1.807, 2.05) is 0 Å². The van der Waals surface area contributed by atoms with Gasteiger partial charge < -0.3 is 16.2 Å². The number of nitrogens with one attached hydrogen (secondary N) is 1. The van der Waals surface area contributed by atoms with Gasteiger partial charge in [-0.15, -0.1) is 0 Å². The Balaban J connectivity index is 2.87. The van der Waals surface area contributed by atoms with Gasteiger partial charge in [-0.05, 0) is 24.6 Å². The summed E-state index contributed by atoms with van der Waals surface area (Å²) in [4.78, 5) is -0.237. The predicted octanol–water partition coefficient (Wildman–Crippen LogP) is -0.861. The number of rotatable bonds is 11. The number of hydrogen-bond acceptors (Lipinski definition) is 9. The van der Waals surface area contributed by atoms with E-state index in [-0.39, 0.29) is 40.7 Å². The Morgan fingerprint density at radius 1 is 0.962 bits per heavy atom. The number of aliphatic hydroxyl groups excluding tert-OH is 1. The zero-order chi connectivity index (χ0) is 20.0. The van der Waals surface area contributed by atoms with Crippen LogP contribution in [0.15, 0.2) is 23.1 Å². The van der Waals surface area contributed by atoms with Gasteiger partial charge in [-0.3, -0.25) is 4.55 Å². The minimum absolute atomic E-state index is 0.134. The second-order valence-corrected chi connectivity index (χ2v) is 11.5. The summed E-state index contributed by atoms with van der Waals surface area (Å²) in [5, 5.41) is 11.4. The van der Waals surface area contributed by atoms with E-state index in [4.69, 9.17) is 15.4 Å². The smallest absolute Gasteiger partial charge is 0.265 e. The highest BCUT2D eigenvalue weighted by Crippen LogP contribution is 2.25. The minimum atomic E-state index is -4.45. The first-order valence-corrected chi connectivity index (χ1v) is 12.6. The van der Waals surface area contributed by atoms with E-state index in [1.165, 1.54) is 12.1 Å². The molecular formula is C13H22N2O8S3. The average molecular weight is 431 g/mol. The van der Waals surface area contributed by atoms with Crippen molar-refractivity contribution in [3.63, 3.8) is 0 Å². The molecule has 0 amide bonds. The number of sulfone groups is 2. The van der Waals surface area contributed by atoms with Gasteiger partial charge in [0.15, 0.2) is 19.7 Å². The summed E-state index contributed by atoms with van der Waals surface area (Å²) >= 11 is 0. The summed E-state index contributed by atoms with van der Waals surface area (Å²) in [7, 11) is -11.9. The quantitative estimate of drug-likeness (QED) is 0.196. The molecule has 0 aliphatic rings. The molecule has 26 heavy (non-hydrogen) atoms. The molecule has 1 rings (SSSR count). The lowest BCUT2D eigenvalue weighted by Gasteiger charge is -2.13. The zero-order valence-electron chi connectivity index (χ0n) is 13.8. The van der Waals surface area contributed by atoms with Gasteiger partial charge in [0, 0.05) is 12.2 Å². The van der Waals surface area contributed by atoms with Gasteiger partial charge in [0.2, 0.25) is 0 Å². The topological polar surface area (TPSA) is 181 Å². The Hall–Kier alpha value is -1.41. The van der Waals surface area contributed by atoms with Crippen LogP contribution in [-0.2, 0) is 29.8 Å². The lowest BCUT2D eigenvalue weighted by atomic mass is 10.3. The van der Waals surface area contributed by atoms with E-state index < -0.39 is 47.9 Å². The Morgan fingerprint density at radius 2 is 1.62 bits per heavy atom. The molecule has 0 saturated carbocycles. The van der Waals surface area contributed by atoms with Crippen LogP contribution in [0.2, 0.25) is 0 Å². The van der Waals surface area contributed by atoms with Gasteiger partial charge in [-0.25, -0.2) is 16.8 Å². The number of aliphatic hydroxyl groups is 1. The molecular weight excluding hydrogens is 408 g/mol. The number of anilines is 2. The molecule has 13 heteroatoms. The summed E-state index contributed by atoms with van der Waals surface area (Å²) in [6, 6.07) is 3.98. The first-order valence-electron chi connectivity index (χ1n) is 7.49. The van der Waals surface area contributed by atoms with Crippen LogP contribution in [0.4, 0.5) is 11.4 Å². The van der Waals surface area contributed by atoms with Crippen molar-refractivity contribution in [1.82, 2.24) is 0 Å². The monoisotopic (exact) mass is 430 g/mol. The summed E-state index contributed by atoms with van der Waals surface area (Å²) in [6.07, 6.45) is 0.178. The first kappa shape index (κ1) is 22.6. The van der Waals surface area contributed by atoms with E-state index >= 15 is 0 Å². The third-order valence-electron chi connectivity index (χ3n) is 3.30. The third-order valence-corrected chi connectivity index (χ3v) is 7.74. The highest BCUT2D eigenvalue weighted by atomic mass is 32.2. The highest BCUT2D eigenvalue weighted by Gasteiger charge is 2.22. The van der Waals surface area contributed by atoms with Crippen molar-refractivity contribution in [2.24, 2.45) is 0 Å². The van der Waals surface area contributed by atoms with E-state index in [9.17, 15) is 25.3 Å². The maximum atomic E-state index is 12.3. The van der Waals surface area contributed by atoms with Crippen LogP contribution in [0.25, 0.3) is 0 Å². The van der Waals surface area contributed by atoms with Crippen LogP contribution >= 0.6 is 0 Å². The first-order chi connectivity index (χ1) is 11.9. The molecule has 10 nitrogen and oxygen atoms in total. The van der Waals surface area contributed by atoms with Crippen LogP contribution in [0, 0.1) is 0 Å². The van der Waals surface area contributed by atoms with E-state index in [0.717, 1.165) is 6.07 Å². The van der Waals surface area contributed by atoms with Gasteiger partial charge in [0.25, 0.3) is 10.1 Å². The molecule has 0 radical (unpaired) electrons. The highest BCUT2D eigenvalue weighted by molar-refractivity contribution is 7.93. The van der Waals surface area contributed by atoms with Crippen molar-refractivity contribution in [2.45, 2.75) is 11.3 Å². The van der Waals surface area contributed by atoms with Crippen molar-refractivity contribution in [1.29, 1.82) is 0 Å². The van der Waals surface area contributed by atoms with Crippen LogP contribution in [-0.4, -0.2) is 71.1 Å². The van der Waals surface area contributed by atoms with Crippen molar-refractivity contribution >= 4 is 41.2 Å². The molecule has 5 N–H and O–H groups in total. The van der Waals surface area contributed by atoms with E-state index in [2.05, 4.69) is 5.32 Å². The second kappa shape index (κ2) is 8.99. The molecule has 150 valence electrons. The van der Waals surface area contributed by atoms with Crippen LogP contribution in [0.3, 0.4) is 0 Å². The molecule has 0 aliphatic carbocycles. The van der Waals surface area contributed by atoms with Gasteiger partial charge in [-0.1, -0.05) is 0 Å². The molecule has 0 atom stereocenters. The Morgan fingerprint density at radius 3 is 2.19 bits per heavy atom. The average Bonchev–Trinajstić information content (AvgIpc) is 2.50. The van der Waals surface area contributed by atoms with E-state index in [1.54, 1.807) is 0 Å². The van der Waals surface area contributed by atoms with Gasteiger partial charge in [0.05, 0.1) is 40.2 Å². The summed E-state index contributed by atoms with van der Waals surface area (Å²) in [6.45, 7) is -0.334. The second-order valence-electron chi connectivity index (χ2n) is 5.52. The molecule has 0 heterocycles. The molecule has 1 aromatic carbocycles. The van der Waals surface area contributed by atoms with Crippen molar-refractivity contribution < 1.29 is 34.9 Å². The fraction of sp³-hybridized carbons (Fsp3) is 0.538. The number of benzene rings is 1. The minimum Gasteiger partial charge on any atom is -0.399 e. The lowest BCUT2D eigenvalue weighted by Crippen LogP contribution is -2.19. The number of hydrogen-bond donors (Lipinski definition) is 4.